The van der Waals surface area contributed by atoms with Crippen LogP contribution in [-0.4, -0.2) is 6.04 Å². The van der Waals surface area contributed by atoms with E-state index in [9.17, 15) is 0 Å². The van der Waals surface area contributed by atoms with Gasteiger partial charge in [0.25, 0.3) is 0 Å². The standard InChI is InChI=1S/C14H21N.ClH/c1-11-6-3-4-7-14(11)10-15-12(2)13-8-5-9-13;/h3-4,6-7,12-13,15H,5,8-10H2,1-2H3;1H/t12-;/m0./s1. The number of halogens is 1. The van der Waals surface area contributed by atoms with Crippen molar-refractivity contribution < 1.29 is 0 Å². The highest BCUT2D eigenvalue weighted by atomic mass is 35.5. The average molecular weight is 240 g/mol. The molecule has 2 heteroatoms. The number of aryl methyl sites for hydroxylation is 1. The van der Waals surface area contributed by atoms with Gasteiger partial charge in [-0.1, -0.05) is 30.7 Å². The largest absolute Gasteiger partial charge is 0.310 e. The first-order chi connectivity index (χ1) is 7.27. The molecule has 1 aromatic rings. The molecule has 90 valence electrons. The molecule has 0 saturated heterocycles. The van der Waals surface area contributed by atoms with Gasteiger partial charge in [0.1, 0.15) is 0 Å². The zero-order valence-electron chi connectivity index (χ0n) is 10.2. The number of hydrogen-bond acceptors (Lipinski definition) is 1. The van der Waals surface area contributed by atoms with Gasteiger partial charge < -0.3 is 5.32 Å². The fraction of sp³-hybridized carbons (Fsp3) is 0.571. The molecule has 1 aromatic carbocycles. The molecule has 1 atom stereocenters. The fourth-order valence-electron chi connectivity index (χ4n) is 2.19. The summed E-state index contributed by atoms with van der Waals surface area (Å²) >= 11 is 0. The molecule has 0 unspecified atom stereocenters. The van der Waals surface area contributed by atoms with Gasteiger partial charge in [-0.2, -0.15) is 0 Å². The van der Waals surface area contributed by atoms with Gasteiger partial charge in [-0.25, -0.2) is 0 Å². The summed E-state index contributed by atoms with van der Waals surface area (Å²) in [5.41, 5.74) is 2.83. The Morgan fingerprint density at radius 3 is 2.56 bits per heavy atom. The van der Waals surface area contributed by atoms with Gasteiger partial charge >= 0.3 is 0 Å². The molecule has 1 aliphatic rings. The molecule has 0 aromatic heterocycles. The van der Waals surface area contributed by atoms with E-state index in [0.717, 1.165) is 12.5 Å². The monoisotopic (exact) mass is 239 g/mol. The van der Waals surface area contributed by atoms with E-state index >= 15 is 0 Å². The molecular weight excluding hydrogens is 218 g/mol. The summed E-state index contributed by atoms with van der Waals surface area (Å²) in [5, 5.41) is 3.64. The summed E-state index contributed by atoms with van der Waals surface area (Å²) in [7, 11) is 0. The zero-order chi connectivity index (χ0) is 10.7. The first-order valence-corrected chi connectivity index (χ1v) is 6.05. The maximum absolute atomic E-state index is 3.64. The summed E-state index contributed by atoms with van der Waals surface area (Å²) < 4.78 is 0. The molecule has 0 heterocycles. The minimum atomic E-state index is 0. The lowest BCUT2D eigenvalue weighted by Crippen LogP contribution is -2.36. The smallest absolute Gasteiger partial charge is 0.0210 e. The summed E-state index contributed by atoms with van der Waals surface area (Å²) in [6.07, 6.45) is 4.27. The predicted octanol–water partition coefficient (Wildman–Crippen LogP) is 3.70. The van der Waals surface area contributed by atoms with Gasteiger partial charge in [0, 0.05) is 12.6 Å². The number of nitrogens with one attached hydrogen (secondary N) is 1. The molecule has 0 bridgehead atoms. The third-order valence-electron chi connectivity index (χ3n) is 3.73. The van der Waals surface area contributed by atoms with Crippen LogP contribution in [0.25, 0.3) is 0 Å². The quantitative estimate of drug-likeness (QED) is 0.845. The van der Waals surface area contributed by atoms with Crippen molar-refractivity contribution in [2.75, 3.05) is 0 Å². The summed E-state index contributed by atoms with van der Waals surface area (Å²) in [5.74, 6) is 0.925. The van der Waals surface area contributed by atoms with Crippen molar-refractivity contribution in [2.45, 2.75) is 45.7 Å². The summed E-state index contributed by atoms with van der Waals surface area (Å²) in [6.45, 7) is 5.53. The van der Waals surface area contributed by atoms with Gasteiger partial charge in [-0.15, -0.1) is 12.4 Å². The molecule has 16 heavy (non-hydrogen) atoms. The number of rotatable bonds is 4. The molecular formula is C14H22ClN. The van der Waals surface area contributed by atoms with E-state index < -0.39 is 0 Å². The number of benzene rings is 1. The second-order valence-corrected chi connectivity index (χ2v) is 4.79. The lowest BCUT2D eigenvalue weighted by atomic mass is 9.80. The molecule has 0 amide bonds. The highest BCUT2D eigenvalue weighted by Gasteiger charge is 2.23. The molecule has 1 aliphatic carbocycles. The van der Waals surface area contributed by atoms with Gasteiger partial charge in [0.2, 0.25) is 0 Å². The second-order valence-electron chi connectivity index (χ2n) is 4.79. The summed E-state index contributed by atoms with van der Waals surface area (Å²) in [4.78, 5) is 0. The van der Waals surface area contributed by atoms with Crippen molar-refractivity contribution in [3.05, 3.63) is 35.4 Å². The number of hydrogen-bond donors (Lipinski definition) is 1. The highest BCUT2D eigenvalue weighted by Crippen LogP contribution is 2.29. The van der Waals surface area contributed by atoms with Gasteiger partial charge in [-0.3, -0.25) is 0 Å². The Bertz CT molecular complexity index is 320. The Morgan fingerprint density at radius 1 is 1.31 bits per heavy atom. The van der Waals surface area contributed by atoms with E-state index in [4.69, 9.17) is 0 Å². The Morgan fingerprint density at radius 2 is 2.00 bits per heavy atom. The first-order valence-electron chi connectivity index (χ1n) is 6.05. The van der Waals surface area contributed by atoms with Gasteiger partial charge in [-0.05, 0) is 43.7 Å². The second kappa shape index (κ2) is 6.27. The van der Waals surface area contributed by atoms with Crippen LogP contribution >= 0.6 is 12.4 Å². The van der Waals surface area contributed by atoms with Crippen LogP contribution in [0.2, 0.25) is 0 Å². The first kappa shape index (κ1) is 13.5. The van der Waals surface area contributed by atoms with Crippen LogP contribution < -0.4 is 5.32 Å². The lowest BCUT2D eigenvalue weighted by Gasteiger charge is -2.32. The minimum Gasteiger partial charge on any atom is -0.310 e. The van der Waals surface area contributed by atoms with Crippen molar-refractivity contribution in [1.29, 1.82) is 0 Å². The van der Waals surface area contributed by atoms with Crippen molar-refractivity contribution in [3.8, 4) is 0 Å². The predicted molar refractivity (Wildman–Crippen MR) is 72.1 cm³/mol. The van der Waals surface area contributed by atoms with E-state index in [1.165, 1.54) is 30.4 Å². The van der Waals surface area contributed by atoms with Crippen LogP contribution in [0, 0.1) is 12.8 Å². The van der Waals surface area contributed by atoms with Crippen molar-refractivity contribution >= 4 is 12.4 Å². The molecule has 1 nitrogen and oxygen atoms in total. The van der Waals surface area contributed by atoms with Crippen LogP contribution in [0.1, 0.15) is 37.3 Å². The molecule has 2 rings (SSSR count). The normalized spacial score (nSPS) is 17.4. The van der Waals surface area contributed by atoms with E-state index in [0.29, 0.717) is 6.04 Å². The van der Waals surface area contributed by atoms with Crippen molar-refractivity contribution in [1.82, 2.24) is 5.32 Å². The third kappa shape index (κ3) is 3.23. The van der Waals surface area contributed by atoms with Crippen molar-refractivity contribution in [2.24, 2.45) is 5.92 Å². The molecule has 1 saturated carbocycles. The summed E-state index contributed by atoms with van der Waals surface area (Å²) in [6, 6.07) is 9.31. The van der Waals surface area contributed by atoms with E-state index in [-0.39, 0.29) is 12.4 Å². The van der Waals surface area contributed by atoms with Crippen LogP contribution in [-0.2, 0) is 6.54 Å². The third-order valence-corrected chi connectivity index (χ3v) is 3.73. The van der Waals surface area contributed by atoms with Gasteiger partial charge in [0.15, 0.2) is 0 Å². The lowest BCUT2D eigenvalue weighted by molar-refractivity contribution is 0.240. The van der Waals surface area contributed by atoms with Gasteiger partial charge in [0.05, 0.1) is 0 Å². The minimum absolute atomic E-state index is 0. The Hall–Kier alpha value is -0.530. The average Bonchev–Trinajstić information content (AvgIpc) is 2.14. The topological polar surface area (TPSA) is 12.0 Å². The molecule has 1 N–H and O–H groups in total. The van der Waals surface area contributed by atoms with Crippen molar-refractivity contribution in [3.63, 3.8) is 0 Å². The molecule has 0 aliphatic heterocycles. The Kier molecular flexibility index (Phi) is 5.30. The zero-order valence-corrected chi connectivity index (χ0v) is 11.0. The van der Waals surface area contributed by atoms with Crippen LogP contribution in [0.5, 0.6) is 0 Å². The Balaban J connectivity index is 0.00000128. The fourth-order valence-corrected chi connectivity index (χ4v) is 2.19. The van der Waals surface area contributed by atoms with Crippen LogP contribution in [0.15, 0.2) is 24.3 Å². The molecule has 0 spiro atoms. The highest BCUT2D eigenvalue weighted by molar-refractivity contribution is 5.85. The SMILES string of the molecule is Cc1ccccc1CN[C@@H](C)C1CCC1.Cl. The maximum atomic E-state index is 3.64. The van der Waals surface area contributed by atoms with E-state index in [1.807, 2.05) is 0 Å². The van der Waals surface area contributed by atoms with Crippen LogP contribution in [0.4, 0.5) is 0 Å². The van der Waals surface area contributed by atoms with Crippen LogP contribution in [0.3, 0.4) is 0 Å². The molecule has 1 fully saturated rings. The van der Waals surface area contributed by atoms with E-state index in [1.54, 1.807) is 0 Å². The Labute approximate surface area is 105 Å². The van der Waals surface area contributed by atoms with E-state index in [2.05, 4.69) is 43.4 Å². The maximum Gasteiger partial charge on any atom is 0.0210 e. The molecule has 0 radical (unpaired) electrons.